The number of thiocarbonyl (C=S) groups is 1. The van der Waals surface area contributed by atoms with Gasteiger partial charge in [-0.25, -0.2) is 0 Å². The summed E-state index contributed by atoms with van der Waals surface area (Å²) >= 11 is 10.7. The Morgan fingerprint density at radius 3 is 2.28 bits per heavy atom. The highest BCUT2D eigenvalue weighted by Crippen LogP contribution is 2.11. The van der Waals surface area contributed by atoms with Crippen molar-refractivity contribution in [2.24, 2.45) is 0 Å². The Kier molecular flexibility index (Phi) is 6.73. The molecule has 0 aliphatic rings. The van der Waals surface area contributed by atoms with Crippen LogP contribution in [0.25, 0.3) is 0 Å². The molecule has 2 aromatic carbocycles. The second-order valence-electron chi connectivity index (χ2n) is 4.99. The molecule has 0 aliphatic carbocycles. The largest absolute Gasteiger partial charge is 0.497 e. The molecule has 0 saturated carbocycles. The lowest BCUT2D eigenvalue weighted by atomic mass is 10.1. The van der Waals surface area contributed by atoms with Gasteiger partial charge in [-0.05, 0) is 54.2 Å². The van der Waals surface area contributed by atoms with E-state index in [9.17, 15) is 9.59 Å². The molecular formula is C17H16ClN3O3S. The zero-order valence-corrected chi connectivity index (χ0v) is 14.9. The first kappa shape index (κ1) is 18.7. The Balaban J connectivity index is 1.77. The second-order valence-corrected chi connectivity index (χ2v) is 5.83. The van der Waals surface area contributed by atoms with Gasteiger partial charge >= 0.3 is 0 Å². The molecule has 25 heavy (non-hydrogen) atoms. The molecule has 0 bridgehead atoms. The molecule has 0 saturated heterocycles. The molecule has 2 aromatic rings. The number of ether oxygens (including phenoxy) is 1. The second kappa shape index (κ2) is 9.00. The van der Waals surface area contributed by atoms with Crippen LogP contribution < -0.4 is 20.9 Å². The summed E-state index contributed by atoms with van der Waals surface area (Å²) in [6.07, 6.45) is 0.157. The lowest BCUT2D eigenvalue weighted by Gasteiger charge is -2.11. The van der Waals surface area contributed by atoms with Gasteiger partial charge in [0.25, 0.3) is 5.91 Å². The van der Waals surface area contributed by atoms with Crippen LogP contribution in [0, 0.1) is 0 Å². The maximum absolute atomic E-state index is 12.0. The Bertz CT molecular complexity index is 764. The van der Waals surface area contributed by atoms with Gasteiger partial charge in [-0.1, -0.05) is 23.7 Å². The minimum Gasteiger partial charge on any atom is -0.497 e. The number of nitrogens with one attached hydrogen (secondary N) is 3. The number of methoxy groups -OCH3 is 1. The number of carbonyl (C=O) groups is 2. The first-order valence-electron chi connectivity index (χ1n) is 7.26. The fraction of sp³-hybridized carbons (Fsp3) is 0.118. The lowest BCUT2D eigenvalue weighted by molar-refractivity contribution is -0.121. The zero-order valence-electron chi connectivity index (χ0n) is 13.3. The number of amides is 2. The van der Waals surface area contributed by atoms with Gasteiger partial charge in [0.2, 0.25) is 5.91 Å². The molecular weight excluding hydrogens is 362 g/mol. The van der Waals surface area contributed by atoms with Crippen LogP contribution >= 0.6 is 23.8 Å². The third-order valence-electron chi connectivity index (χ3n) is 3.17. The van der Waals surface area contributed by atoms with Crippen LogP contribution in [0.15, 0.2) is 48.5 Å². The molecule has 0 heterocycles. The molecule has 0 spiro atoms. The van der Waals surface area contributed by atoms with Crippen LogP contribution in [0.5, 0.6) is 5.75 Å². The fourth-order valence-corrected chi connectivity index (χ4v) is 2.18. The molecule has 8 heteroatoms. The lowest BCUT2D eigenvalue weighted by Crippen LogP contribution is -2.48. The van der Waals surface area contributed by atoms with Gasteiger partial charge in [0, 0.05) is 10.6 Å². The van der Waals surface area contributed by atoms with Crippen LogP contribution in [0.4, 0.5) is 0 Å². The number of hydrogen-bond donors (Lipinski definition) is 3. The van der Waals surface area contributed by atoms with Gasteiger partial charge < -0.3 is 4.74 Å². The van der Waals surface area contributed by atoms with E-state index < -0.39 is 5.91 Å². The summed E-state index contributed by atoms with van der Waals surface area (Å²) in [5.41, 5.74) is 6.13. The van der Waals surface area contributed by atoms with E-state index in [1.54, 1.807) is 55.6 Å². The fourth-order valence-electron chi connectivity index (χ4n) is 1.91. The molecule has 0 radical (unpaired) electrons. The summed E-state index contributed by atoms with van der Waals surface area (Å²) in [5, 5.41) is 2.98. The molecule has 0 unspecified atom stereocenters. The number of rotatable bonds is 4. The van der Waals surface area contributed by atoms with Crippen molar-refractivity contribution in [3.05, 3.63) is 64.7 Å². The van der Waals surface area contributed by atoms with Crippen LogP contribution in [0.1, 0.15) is 15.9 Å². The van der Waals surface area contributed by atoms with E-state index >= 15 is 0 Å². The monoisotopic (exact) mass is 377 g/mol. The summed E-state index contributed by atoms with van der Waals surface area (Å²) in [6.45, 7) is 0. The summed E-state index contributed by atoms with van der Waals surface area (Å²) in [4.78, 5) is 23.8. The van der Waals surface area contributed by atoms with Crippen molar-refractivity contribution in [2.45, 2.75) is 6.42 Å². The van der Waals surface area contributed by atoms with E-state index in [-0.39, 0.29) is 17.4 Å². The number of hydrazine groups is 1. The van der Waals surface area contributed by atoms with E-state index in [4.69, 9.17) is 28.6 Å². The van der Waals surface area contributed by atoms with E-state index in [0.29, 0.717) is 16.3 Å². The van der Waals surface area contributed by atoms with Gasteiger partial charge in [0.15, 0.2) is 5.11 Å². The third kappa shape index (κ3) is 6.06. The van der Waals surface area contributed by atoms with E-state index in [1.807, 2.05) is 0 Å². The summed E-state index contributed by atoms with van der Waals surface area (Å²) < 4.78 is 5.06. The van der Waals surface area contributed by atoms with Gasteiger partial charge in [-0.3, -0.25) is 25.8 Å². The van der Waals surface area contributed by atoms with Gasteiger partial charge in [0.05, 0.1) is 13.5 Å². The Morgan fingerprint density at radius 1 is 1.04 bits per heavy atom. The minimum absolute atomic E-state index is 0.0111. The average molecular weight is 378 g/mol. The normalized spacial score (nSPS) is 9.84. The van der Waals surface area contributed by atoms with Crippen molar-refractivity contribution in [1.29, 1.82) is 0 Å². The molecule has 2 rings (SSSR count). The minimum atomic E-state index is -0.404. The molecule has 0 aliphatic heterocycles. The highest BCUT2D eigenvalue weighted by Gasteiger charge is 2.09. The highest BCUT2D eigenvalue weighted by atomic mass is 35.5. The van der Waals surface area contributed by atoms with Gasteiger partial charge in [-0.2, -0.15) is 0 Å². The maximum Gasteiger partial charge on any atom is 0.257 e. The topological polar surface area (TPSA) is 79.5 Å². The first-order chi connectivity index (χ1) is 12.0. The van der Waals surface area contributed by atoms with Crippen molar-refractivity contribution >= 4 is 40.7 Å². The molecule has 2 amide bonds. The Hall–Kier alpha value is -2.64. The Morgan fingerprint density at radius 2 is 1.68 bits per heavy atom. The third-order valence-corrected chi connectivity index (χ3v) is 3.63. The quantitative estimate of drug-likeness (QED) is 0.562. The molecule has 130 valence electrons. The van der Waals surface area contributed by atoms with E-state index in [0.717, 1.165) is 5.56 Å². The van der Waals surface area contributed by atoms with Crippen molar-refractivity contribution in [3.8, 4) is 5.75 Å². The van der Waals surface area contributed by atoms with E-state index in [2.05, 4.69) is 16.2 Å². The van der Waals surface area contributed by atoms with Crippen molar-refractivity contribution in [3.63, 3.8) is 0 Å². The molecule has 6 nitrogen and oxygen atoms in total. The summed E-state index contributed by atoms with van der Waals surface area (Å²) in [5.74, 6) is 0.0141. The molecule has 0 atom stereocenters. The number of halogens is 1. The smallest absolute Gasteiger partial charge is 0.257 e. The average Bonchev–Trinajstić information content (AvgIpc) is 2.61. The van der Waals surface area contributed by atoms with Crippen LogP contribution in [0.3, 0.4) is 0 Å². The molecule has 3 N–H and O–H groups in total. The SMILES string of the molecule is COc1ccc(CC(=O)NNC(=S)NC(=O)c2ccc(Cl)cc2)cc1. The number of benzene rings is 2. The van der Waals surface area contributed by atoms with Gasteiger partial charge in [-0.15, -0.1) is 0 Å². The summed E-state index contributed by atoms with van der Waals surface area (Å²) in [6, 6.07) is 13.5. The highest BCUT2D eigenvalue weighted by molar-refractivity contribution is 7.80. The predicted octanol–water partition coefficient (Wildman–Crippen LogP) is 2.23. The first-order valence-corrected chi connectivity index (χ1v) is 8.05. The number of carbonyl (C=O) groups excluding carboxylic acids is 2. The zero-order chi connectivity index (χ0) is 18.2. The van der Waals surface area contributed by atoms with Crippen molar-refractivity contribution in [2.75, 3.05) is 7.11 Å². The van der Waals surface area contributed by atoms with Gasteiger partial charge in [0.1, 0.15) is 5.75 Å². The molecule has 0 aromatic heterocycles. The maximum atomic E-state index is 12.0. The Labute approximate surface area is 155 Å². The van der Waals surface area contributed by atoms with E-state index in [1.165, 1.54) is 0 Å². The van der Waals surface area contributed by atoms with Crippen LogP contribution in [0.2, 0.25) is 5.02 Å². The van der Waals surface area contributed by atoms with Crippen molar-refractivity contribution in [1.82, 2.24) is 16.2 Å². The predicted molar refractivity (Wildman–Crippen MR) is 99.5 cm³/mol. The standard InChI is InChI=1S/C17H16ClN3O3S/c1-24-14-8-2-11(3-9-14)10-15(22)20-21-17(25)19-16(23)12-4-6-13(18)7-5-12/h2-9H,10H2,1H3,(H,20,22)(H2,19,21,23,25). The summed E-state index contributed by atoms with van der Waals surface area (Å²) in [7, 11) is 1.57. The van der Waals surface area contributed by atoms with Crippen LogP contribution in [-0.4, -0.2) is 24.0 Å². The molecule has 0 fully saturated rings. The number of hydrogen-bond acceptors (Lipinski definition) is 4. The van der Waals surface area contributed by atoms with Crippen molar-refractivity contribution < 1.29 is 14.3 Å². The van der Waals surface area contributed by atoms with Crippen LogP contribution in [-0.2, 0) is 11.2 Å².